The van der Waals surface area contributed by atoms with Crippen molar-refractivity contribution in [2.45, 2.75) is 37.0 Å². The van der Waals surface area contributed by atoms with Crippen LogP contribution in [0.25, 0.3) is 42.2 Å². The van der Waals surface area contributed by atoms with E-state index in [9.17, 15) is 0 Å². The first kappa shape index (κ1) is 19.8. The van der Waals surface area contributed by atoms with Crippen LogP contribution in [-0.2, 0) is 0 Å². The van der Waals surface area contributed by atoms with Gasteiger partial charge in [-0.25, -0.2) is 0 Å². The summed E-state index contributed by atoms with van der Waals surface area (Å²) in [6, 6.07) is 22.7. The Balaban J connectivity index is 1.79. The summed E-state index contributed by atoms with van der Waals surface area (Å²) in [6.45, 7) is 4.55. The van der Waals surface area contributed by atoms with Gasteiger partial charge in [0.1, 0.15) is 0 Å². The van der Waals surface area contributed by atoms with E-state index >= 15 is 0 Å². The molecule has 5 rings (SSSR count). The first-order valence-corrected chi connectivity index (χ1v) is 18.8. The molecule has 3 aromatic carbocycles. The monoisotopic (exact) mass is 471 g/mol. The van der Waals surface area contributed by atoms with Crippen LogP contribution in [-0.4, -0.2) is 18.3 Å². The molecule has 0 unspecified atom stereocenters. The molecule has 0 N–H and O–H groups in total. The van der Waals surface area contributed by atoms with Gasteiger partial charge in [-0.2, -0.15) is 0 Å². The van der Waals surface area contributed by atoms with Crippen molar-refractivity contribution in [3.05, 3.63) is 72.4 Å². The molecule has 0 spiro atoms. The fourth-order valence-electron chi connectivity index (χ4n) is 4.33. The molecule has 0 saturated heterocycles. The number of aromatic nitrogens is 1. The van der Waals surface area contributed by atoms with Crippen LogP contribution in [0.15, 0.2) is 66.9 Å². The molecule has 0 aliphatic rings. The summed E-state index contributed by atoms with van der Waals surface area (Å²) in [7, 11) is 0. The van der Waals surface area contributed by atoms with E-state index in [1.165, 1.54) is 42.1 Å². The molecule has 0 aliphatic heterocycles. The maximum atomic E-state index is 4.87. The van der Waals surface area contributed by atoms with Crippen molar-refractivity contribution >= 4 is 59.9 Å². The quantitative estimate of drug-likeness (QED) is 0.244. The number of hydrogen-bond donors (Lipinski definition) is 0. The zero-order chi connectivity index (χ0) is 21.0. The van der Waals surface area contributed by atoms with Crippen molar-refractivity contribution in [3.8, 4) is 11.3 Å². The van der Waals surface area contributed by atoms with Gasteiger partial charge in [-0.1, -0.05) is 0 Å². The van der Waals surface area contributed by atoms with E-state index in [-0.39, 0.29) is 0 Å². The summed E-state index contributed by atoms with van der Waals surface area (Å²) in [5, 5.41) is 5.33. The van der Waals surface area contributed by atoms with Gasteiger partial charge in [-0.3, -0.25) is 0 Å². The molecule has 150 valence electrons. The topological polar surface area (TPSA) is 12.9 Å². The van der Waals surface area contributed by atoms with E-state index in [2.05, 4.69) is 91.8 Å². The molecule has 0 fully saturated rings. The second-order valence-corrected chi connectivity index (χ2v) is 21.2. The third-order valence-corrected chi connectivity index (χ3v) is 11.5. The number of nitrogens with zero attached hydrogens (tertiary/aromatic N) is 1. The minimum atomic E-state index is -1.86. The molecule has 0 amide bonds. The molecule has 0 atom stereocenters. The molecule has 1 nitrogen and oxygen atoms in total. The third kappa shape index (κ3) is 3.27. The van der Waals surface area contributed by atoms with Crippen LogP contribution in [0, 0.1) is 0 Å². The van der Waals surface area contributed by atoms with Gasteiger partial charge in [0.25, 0.3) is 0 Å². The molecule has 0 bridgehead atoms. The number of fused-ring (bicyclic) bond motifs is 4. The second-order valence-electron chi connectivity index (χ2n) is 9.54. The zero-order valence-electron chi connectivity index (χ0n) is 18.3. The van der Waals surface area contributed by atoms with Crippen molar-refractivity contribution in [2.75, 3.05) is 0 Å². The van der Waals surface area contributed by atoms with Crippen LogP contribution < -0.4 is 4.40 Å². The van der Waals surface area contributed by atoms with Crippen molar-refractivity contribution < 1.29 is 0 Å². The molecule has 3 heteroatoms. The molecule has 2 aromatic heterocycles. The summed E-state index contributed by atoms with van der Waals surface area (Å²) in [5.41, 5.74) is 3.73. The Morgan fingerprint density at radius 1 is 0.833 bits per heavy atom. The average molecular weight is 470 g/mol. The molecule has 2 heterocycles. The number of pyridine rings is 1. The van der Waals surface area contributed by atoms with Gasteiger partial charge in [0.05, 0.1) is 0 Å². The van der Waals surface area contributed by atoms with Crippen LogP contribution in [0.4, 0.5) is 0 Å². The Morgan fingerprint density at radius 2 is 1.63 bits per heavy atom. The van der Waals surface area contributed by atoms with Crippen molar-refractivity contribution in [2.24, 2.45) is 0 Å². The summed E-state index contributed by atoms with van der Waals surface area (Å²) in [4.78, 5) is 4.87. The Kier molecular flexibility index (Phi) is 4.75. The molecule has 0 saturated carbocycles. The first-order valence-electron chi connectivity index (χ1n) is 10.7. The van der Waals surface area contributed by atoms with E-state index in [4.69, 9.17) is 4.98 Å². The predicted octanol–water partition coefficient (Wildman–Crippen LogP) is 7.94. The van der Waals surface area contributed by atoms with Gasteiger partial charge < -0.3 is 0 Å². The summed E-state index contributed by atoms with van der Waals surface area (Å²) in [6.07, 6.45) is 1.98. The van der Waals surface area contributed by atoms with Gasteiger partial charge in [0.2, 0.25) is 0 Å². The Hall–Kier alpha value is -2.17. The number of hydrogen-bond acceptors (Lipinski definition) is 2. The van der Waals surface area contributed by atoms with Gasteiger partial charge in [-0.15, -0.1) is 0 Å². The average Bonchev–Trinajstić information content (AvgIpc) is 3.10. The third-order valence-electron chi connectivity index (χ3n) is 6.04. The van der Waals surface area contributed by atoms with Gasteiger partial charge in [0, 0.05) is 0 Å². The minimum absolute atomic E-state index is 0.470. The molecule has 0 aliphatic carbocycles. The van der Waals surface area contributed by atoms with E-state index < -0.39 is 13.3 Å². The SMILES string of the molecule is CC(C)c1cc(-c2nccc3c2sc2c[c]([Ge]([CH3])([CH3])[CH3])ccc23)cc2ccccc12. The molecule has 5 aromatic rings. The fourth-order valence-corrected chi connectivity index (χ4v) is 8.23. The van der Waals surface area contributed by atoms with E-state index in [1.54, 1.807) is 4.40 Å². The van der Waals surface area contributed by atoms with Crippen molar-refractivity contribution in [3.63, 3.8) is 0 Å². The van der Waals surface area contributed by atoms with E-state index in [1.807, 2.05) is 17.5 Å². The number of rotatable bonds is 3. The van der Waals surface area contributed by atoms with Crippen LogP contribution in [0.5, 0.6) is 0 Å². The van der Waals surface area contributed by atoms with Crippen LogP contribution in [0.2, 0.25) is 17.3 Å². The Bertz CT molecular complexity index is 1410. The Labute approximate surface area is 185 Å². The van der Waals surface area contributed by atoms with E-state index in [0.717, 1.165) is 5.69 Å². The normalized spacial score (nSPS) is 12.5. The molecule has 0 radical (unpaired) electrons. The van der Waals surface area contributed by atoms with Crippen molar-refractivity contribution in [1.82, 2.24) is 4.98 Å². The first-order chi connectivity index (χ1) is 14.3. The fraction of sp³-hybridized carbons (Fsp3) is 0.222. The molecule has 30 heavy (non-hydrogen) atoms. The zero-order valence-corrected chi connectivity index (χ0v) is 21.2. The van der Waals surface area contributed by atoms with Crippen LogP contribution in [0.3, 0.4) is 0 Å². The summed E-state index contributed by atoms with van der Waals surface area (Å²) < 4.78 is 4.26. The summed E-state index contributed by atoms with van der Waals surface area (Å²) in [5.74, 6) is 7.86. The predicted molar refractivity (Wildman–Crippen MR) is 137 cm³/mol. The van der Waals surface area contributed by atoms with Gasteiger partial charge in [-0.05, 0) is 0 Å². The number of thiophene rings is 1. The second kappa shape index (κ2) is 7.21. The molecular formula is C27H27GeNS. The van der Waals surface area contributed by atoms with Crippen LogP contribution in [0.1, 0.15) is 25.3 Å². The van der Waals surface area contributed by atoms with Gasteiger partial charge in [0.15, 0.2) is 0 Å². The standard InChI is InChI=1S/C27H27GeNS/c1-17(2)24-15-19(14-18-8-6-7-9-21(18)24)26-27-23(12-13-29-26)22-11-10-20(28(3,4)5)16-25(22)30-27/h6-17H,1-5H3. The van der Waals surface area contributed by atoms with Crippen LogP contribution >= 0.6 is 11.3 Å². The maximum absolute atomic E-state index is 4.87. The van der Waals surface area contributed by atoms with Gasteiger partial charge >= 0.3 is 186 Å². The Morgan fingerprint density at radius 3 is 2.40 bits per heavy atom. The van der Waals surface area contributed by atoms with E-state index in [0.29, 0.717) is 5.92 Å². The van der Waals surface area contributed by atoms with Crippen molar-refractivity contribution in [1.29, 1.82) is 0 Å². The number of benzene rings is 3. The molecular weight excluding hydrogens is 443 g/mol. The summed E-state index contributed by atoms with van der Waals surface area (Å²) >= 11 is 0.0441.